The van der Waals surface area contributed by atoms with Crippen LogP contribution in [0.1, 0.15) is 27.2 Å². The Labute approximate surface area is 78.4 Å². The van der Waals surface area contributed by atoms with Crippen molar-refractivity contribution in [2.24, 2.45) is 5.73 Å². The largest absolute Gasteiger partial charge is 0.480 e. The third-order valence-electron chi connectivity index (χ3n) is 1.34. The number of carboxylic acids is 1. The molecule has 0 atom stereocenters. The molecule has 0 aliphatic carbocycles. The molecule has 0 rings (SSSR count). The Morgan fingerprint density at radius 3 is 1.85 bits per heavy atom. The van der Waals surface area contributed by atoms with Gasteiger partial charge in [0.05, 0.1) is 6.54 Å². The maximum Gasteiger partial charge on any atom is 0.317 e. The SMILES string of the molecule is CCC(C=O)=C(C)C.NCC(=O)O. The molecule has 0 radical (unpaired) electrons. The third kappa shape index (κ3) is 10.8. The van der Waals surface area contributed by atoms with E-state index in [1.54, 1.807) is 0 Å². The Morgan fingerprint density at radius 1 is 1.46 bits per heavy atom. The fourth-order valence-electron chi connectivity index (χ4n) is 0.555. The van der Waals surface area contributed by atoms with E-state index in [1.807, 2.05) is 20.8 Å². The van der Waals surface area contributed by atoms with Gasteiger partial charge >= 0.3 is 5.97 Å². The van der Waals surface area contributed by atoms with E-state index in [0.29, 0.717) is 0 Å². The van der Waals surface area contributed by atoms with E-state index in [-0.39, 0.29) is 6.54 Å². The number of aldehydes is 1. The van der Waals surface area contributed by atoms with Crippen molar-refractivity contribution in [3.05, 3.63) is 11.1 Å². The number of allylic oxidation sites excluding steroid dienone is 2. The maximum absolute atomic E-state index is 10.1. The van der Waals surface area contributed by atoms with Crippen LogP contribution < -0.4 is 5.73 Å². The molecule has 0 amide bonds. The van der Waals surface area contributed by atoms with Crippen LogP contribution >= 0.6 is 0 Å². The molecule has 0 aromatic carbocycles. The number of carbonyl (C=O) groups is 2. The maximum atomic E-state index is 10.1. The summed E-state index contributed by atoms with van der Waals surface area (Å²) in [7, 11) is 0. The summed E-state index contributed by atoms with van der Waals surface area (Å²) in [5, 5.41) is 7.60. The molecule has 0 saturated heterocycles. The average molecular weight is 187 g/mol. The van der Waals surface area contributed by atoms with Gasteiger partial charge in [-0.05, 0) is 25.8 Å². The highest BCUT2D eigenvalue weighted by Gasteiger charge is 1.90. The van der Waals surface area contributed by atoms with Crippen molar-refractivity contribution in [2.45, 2.75) is 27.2 Å². The minimum absolute atomic E-state index is 0.278. The fraction of sp³-hybridized carbons (Fsp3) is 0.556. The van der Waals surface area contributed by atoms with Crippen LogP contribution in [0.5, 0.6) is 0 Å². The lowest BCUT2D eigenvalue weighted by Gasteiger charge is -1.93. The Hall–Kier alpha value is -1.16. The van der Waals surface area contributed by atoms with E-state index < -0.39 is 5.97 Å². The number of nitrogens with two attached hydrogens (primary N) is 1. The van der Waals surface area contributed by atoms with Gasteiger partial charge in [0.2, 0.25) is 0 Å². The van der Waals surface area contributed by atoms with Gasteiger partial charge in [-0.2, -0.15) is 0 Å². The molecule has 0 aliphatic heterocycles. The lowest BCUT2D eigenvalue weighted by atomic mass is 10.1. The van der Waals surface area contributed by atoms with Crippen LogP contribution in [0.15, 0.2) is 11.1 Å². The zero-order chi connectivity index (χ0) is 10.9. The molecule has 3 N–H and O–H groups in total. The van der Waals surface area contributed by atoms with Gasteiger partial charge in [0, 0.05) is 0 Å². The Morgan fingerprint density at radius 2 is 1.85 bits per heavy atom. The first-order chi connectivity index (χ1) is 5.99. The molecule has 0 spiro atoms. The summed E-state index contributed by atoms with van der Waals surface area (Å²) < 4.78 is 0. The van der Waals surface area contributed by atoms with E-state index in [9.17, 15) is 9.59 Å². The smallest absolute Gasteiger partial charge is 0.317 e. The second kappa shape index (κ2) is 8.93. The van der Waals surface area contributed by atoms with Crippen LogP contribution in [0.2, 0.25) is 0 Å². The predicted molar refractivity (Wildman–Crippen MR) is 51.4 cm³/mol. The second-order valence-electron chi connectivity index (χ2n) is 2.59. The van der Waals surface area contributed by atoms with Gasteiger partial charge in [0.15, 0.2) is 0 Å². The molecule has 0 aromatic rings. The van der Waals surface area contributed by atoms with Gasteiger partial charge in [0.1, 0.15) is 6.29 Å². The molecule has 0 fully saturated rings. The molecule has 13 heavy (non-hydrogen) atoms. The van der Waals surface area contributed by atoms with Crippen LogP contribution in [0, 0.1) is 0 Å². The van der Waals surface area contributed by atoms with Gasteiger partial charge in [-0.3, -0.25) is 9.59 Å². The molecule has 76 valence electrons. The molecule has 0 unspecified atom stereocenters. The number of rotatable bonds is 3. The van der Waals surface area contributed by atoms with Gasteiger partial charge in [-0.25, -0.2) is 0 Å². The van der Waals surface area contributed by atoms with E-state index in [4.69, 9.17) is 5.11 Å². The van der Waals surface area contributed by atoms with Crippen LogP contribution in [0.4, 0.5) is 0 Å². The fourth-order valence-corrected chi connectivity index (χ4v) is 0.555. The van der Waals surface area contributed by atoms with Crippen molar-refractivity contribution in [2.75, 3.05) is 6.54 Å². The van der Waals surface area contributed by atoms with Gasteiger partial charge in [-0.1, -0.05) is 12.5 Å². The topological polar surface area (TPSA) is 80.4 Å². The molecular formula is C9H17NO3. The summed E-state index contributed by atoms with van der Waals surface area (Å²) >= 11 is 0. The Bertz CT molecular complexity index is 193. The van der Waals surface area contributed by atoms with Crippen molar-refractivity contribution in [1.29, 1.82) is 0 Å². The number of aliphatic carboxylic acids is 1. The van der Waals surface area contributed by atoms with Crippen molar-refractivity contribution < 1.29 is 14.7 Å². The standard InChI is InChI=1S/C7H12O.C2H5NO2/c1-4-7(5-8)6(2)3;3-1-2(4)5/h5H,4H2,1-3H3;1,3H2,(H,4,5). The predicted octanol–water partition coefficient (Wildman–Crippen LogP) is 0.961. The second-order valence-corrected chi connectivity index (χ2v) is 2.59. The number of carboxylic acid groups (broad SMARTS) is 1. The van der Waals surface area contributed by atoms with E-state index in [2.05, 4.69) is 5.73 Å². The van der Waals surface area contributed by atoms with Crippen LogP contribution in [0.3, 0.4) is 0 Å². The molecule has 0 saturated carbocycles. The Kier molecular flexibility index (Phi) is 9.87. The summed E-state index contributed by atoms with van der Waals surface area (Å²) in [6.45, 7) is 5.61. The van der Waals surface area contributed by atoms with Crippen molar-refractivity contribution in [1.82, 2.24) is 0 Å². The highest BCUT2D eigenvalue weighted by Crippen LogP contribution is 2.02. The summed E-state index contributed by atoms with van der Waals surface area (Å²) in [5.74, 6) is -0.968. The third-order valence-corrected chi connectivity index (χ3v) is 1.34. The molecule has 0 aromatic heterocycles. The van der Waals surface area contributed by atoms with Crippen LogP contribution in [0.25, 0.3) is 0 Å². The van der Waals surface area contributed by atoms with Gasteiger partial charge < -0.3 is 10.8 Å². The average Bonchev–Trinajstić information content (AvgIpc) is 2.07. The highest BCUT2D eigenvalue weighted by molar-refractivity contribution is 5.73. The van der Waals surface area contributed by atoms with E-state index in [0.717, 1.165) is 23.9 Å². The first kappa shape index (κ1) is 14.4. The first-order valence-corrected chi connectivity index (χ1v) is 4.02. The van der Waals surface area contributed by atoms with E-state index >= 15 is 0 Å². The molecule has 0 bridgehead atoms. The Balaban J connectivity index is 0. The zero-order valence-corrected chi connectivity index (χ0v) is 8.33. The number of carbonyl (C=O) groups excluding carboxylic acids is 1. The monoisotopic (exact) mass is 187 g/mol. The molecule has 4 nitrogen and oxygen atoms in total. The summed E-state index contributed by atoms with van der Waals surface area (Å²) in [5.41, 5.74) is 6.62. The zero-order valence-electron chi connectivity index (χ0n) is 8.33. The van der Waals surface area contributed by atoms with Gasteiger partial charge in [0.25, 0.3) is 0 Å². The molecule has 4 heteroatoms. The minimum atomic E-state index is -0.968. The quantitative estimate of drug-likeness (QED) is 0.509. The molecular weight excluding hydrogens is 170 g/mol. The summed E-state index contributed by atoms with van der Waals surface area (Å²) in [6.07, 6.45) is 1.78. The lowest BCUT2D eigenvalue weighted by molar-refractivity contribution is -0.135. The van der Waals surface area contributed by atoms with Crippen molar-refractivity contribution in [3.63, 3.8) is 0 Å². The van der Waals surface area contributed by atoms with Crippen LogP contribution in [-0.4, -0.2) is 23.9 Å². The number of hydrogen-bond acceptors (Lipinski definition) is 3. The molecule has 0 heterocycles. The summed E-state index contributed by atoms with van der Waals surface area (Å²) in [6, 6.07) is 0. The lowest BCUT2D eigenvalue weighted by Crippen LogP contribution is -2.10. The van der Waals surface area contributed by atoms with Crippen molar-refractivity contribution >= 4 is 12.3 Å². The number of hydrogen-bond donors (Lipinski definition) is 2. The van der Waals surface area contributed by atoms with E-state index in [1.165, 1.54) is 0 Å². The first-order valence-electron chi connectivity index (χ1n) is 4.02. The summed E-state index contributed by atoms with van der Waals surface area (Å²) in [4.78, 5) is 19.4. The minimum Gasteiger partial charge on any atom is -0.480 e. The molecule has 0 aliphatic rings. The van der Waals surface area contributed by atoms with Crippen LogP contribution in [-0.2, 0) is 9.59 Å². The highest BCUT2D eigenvalue weighted by atomic mass is 16.4. The van der Waals surface area contributed by atoms with Crippen molar-refractivity contribution in [3.8, 4) is 0 Å². The normalized spacial score (nSPS) is 8.00. The van der Waals surface area contributed by atoms with Gasteiger partial charge in [-0.15, -0.1) is 0 Å².